The summed E-state index contributed by atoms with van der Waals surface area (Å²) in [5.74, 6) is -0.827. The van der Waals surface area contributed by atoms with Crippen LogP contribution in [0.3, 0.4) is 0 Å². The molecule has 0 unspecified atom stereocenters. The summed E-state index contributed by atoms with van der Waals surface area (Å²) in [5.41, 5.74) is 0.0846. The molecule has 1 heterocycles. The van der Waals surface area contributed by atoms with Gasteiger partial charge in [0.25, 0.3) is 5.91 Å². The zero-order chi connectivity index (χ0) is 15.2. The zero-order valence-corrected chi connectivity index (χ0v) is 12.1. The predicted octanol–water partition coefficient (Wildman–Crippen LogP) is 1.70. The Morgan fingerprint density at radius 3 is 2.38 bits per heavy atom. The first-order chi connectivity index (χ1) is 10.1. The van der Waals surface area contributed by atoms with Gasteiger partial charge < -0.3 is 15.1 Å². The van der Waals surface area contributed by atoms with Gasteiger partial charge in [-0.15, -0.1) is 0 Å². The Kier molecular flexibility index (Phi) is 5.14. The second kappa shape index (κ2) is 7.06. The number of carbonyl (C=O) groups excluding carboxylic acids is 2. The Morgan fingerprint density at radius 2 is 1.76 bits per heavy atom. The molecule has 114 valence electrons. The maximum Gasteiger partial charge on any atom is 0.317 e. The number of urea groups is 1. The molecule has 1 fully saturated rings. The van der Waals surface area contributed by atoms with Crippen molar-refractivity contribution in [3.8, 4) is 0 Å². The van der Waals surface area contributed by atoms with E-state index in [0.717, 1.165) is 6.42 Å². The summed E-state index contributed by atoms with van der Waals surface area (Å²) in [5, 5.41) is 2.81. The predicted molar refractivity (Wildman–Crippen MR) is 77.6 cm³/mol. The molecule has 0 aromatic heterocycles. The van der Waals surface area contributed by atoms with Gasteiger partial charge >= 0.3 is 6.03 Å². The monoisotopic (exact) mass is 293 g/mol. The minimum absolute atomic E-state index is 0.0846. The van der Waals surface area contributed by atoms with E-state index >= 15 is 0 Å². The summed E-state index contributed by atoms with van der Waals surface area (Å²) in [4.78, 5) is 27.3. The van der Waals surface area contributed by atoms with Crippen molar-refractivity contribution in [2.75, 3.05) is 32.7 Å². The lowest BCUT2D eigenvalue weighted by atomic mass is 10.1. The molecule has 0 aliphatic carbocycles. The van der Waals surface area contributed by atoms with Gasteiger partial charge in [0.15, 0.2) is 0 Å². The van der Waals surface area contributed by atoms with Gasteiger partial charge in [0.2, 0.25) is 0 Å². The Bertz CT molecular complexity index is 513. The molecule has 0 atom stereocenters. The largest absolute Gasteiger partial charge is 0.338 e. The number of nitrogens with zero attached hydrogens (tertiary/aromatic N) is 2. The van der Waals surface area contributed by atoms with E-state index in [-0.39, 0.29) is 17.5 Å². The van der Waals surface area contributed by atoms with Crippen LogP contribution in [-0.4, -0.2) is 54.5 Å². The van der Waals surface area contributed by atoms with E-state index in [1.165, 1.54) is 12.1 Å². The van der Waals surface area contributed by atoms with Crippen LogP contribution in [0.4, 0.5) is 9.18 Å². The summed E-state index contributed by atoms with van der Waals surface area (Å²) >= 11 is 0. The maximum atomic E-state index is 13.6. The molecule has 21 heavy (non-hydrogen) atoms. The first-order valence-corrected chi connectivity index (χ1v) is 7.20. The molecular weight excluding hydrogens is 273 g/mol. The lowest BCUT2D eigenvalue weighted by molar-refractivity contribution is 0.0660. The Hall–Kier alpha value is -2.11. The summed E-state index contributed by atoms with van der Waals surface area (Å²) in [6.45, 7) is 4.42. The Balaban J connectivity index is 1.91. The topological polar surface area (TPSA) is 52.7 Å². The highest BCUT2D eigenvalue weighted by Gasteiger charge is 2.25. The fourth-order valence-electron chi connectivity index (χ4n) is 2.26. The molecule has 1 aliphatic rings. The molecular formula is C15H20FN3O2. The van der Waals surface area contributed by atoms with E-state index in [0.29, 0.717) is 32.7 Å². The number of carbonyl (C=O) groups is 2. The highest BCUT2D eigenvalue weighted by atomic mass is 19.1. The van der Waals surface area contributed by atoms with Crippen molar-refractivity contribution >= 4 is 11.9 Å². The van der Waals surface area contributed by atoms with Crippen molar-refractivity contribution in [3.63, 3.8) is 0 Å². The summed E-state index contributed by atoms with van der Waals surface area (Å²) in [7, 11) is 0. The summed E-state index contributed by atoms with van der Waals surface area (Å²) in [6, 6.07) is 5.86. The quantitative estimate of drug-likeness (QED) is 0.922. The van der Waals surface area contributed by atoms with Gasteiger partial charge in [0.1, 0.15) is 5.82 Å². The normalized spacial score (nSPS) is 15.0. The average molecular weight is 293 g/mol. The third-order valence-electron chi connectivity index (χ3n) is 3.48. The van der Waals surface area contributed by atoms with Crippen LogP contribution in [0.5, 0.6) is 0 Å². The molecule has 1 aromatic rings. The number of rotatable bonds is 3. The number of hydrogen-bond donors (Lipinski definition) is 1. The minimum atomic E-state index is -0.509. The number of halogens is 1. The maximum absolute atomic E-state index is 13.6. The molecule has 0 spiro atoms. The van der Waals surface area contributed by atoms with Crippen LogP contribution in [0.25, 0.3) is 0 Å². The van der Waals surface area contributed by atoms with Gasteiger partial charge in [-0.2, -0.15) is 0 Å². The molecule has 1 saturated heterocycles. The number of nitrogens with one attached hydrogen (secondary N) is 1. The third-order valence-corrected chi connectivity index (χ3v) is 3.48. The van der Waals surface area contributed by atoms with Crippen molar-refractivity contribution in [2.24, 2.45) is 0 Å². The zero-order valence-electron chi connectivity index (χ0n) is 12.1. The molecule has 0 bridgehead atoms. The van der Waals surface area contributed by atoms with E-state index < -0.39 is 5.82 Å². The fraction of sp³-hybridized carbons (Fsp3) is 0.467. The molecule has 1 aromatic carbocycles. The molecule has 2 rings (SSSR count). The smallest absolute Gasteiger partial charge is 0.317 e. The van der Waals surface area contributed by atoms with Gasteiger partial charge in [0, 0.05) is 32.7 Å². The van der Waals surface area contributed by atoms with Gasteiger partial charge in [-0.05, 0) is 18.6 Å². The van der Waals surface area contributed by atoms with Crippen molar-refractivity contribution in [1.29, 1.82) is 0 Å². The minimum Gasteiger partial charge on any atom is -0.338 e. The van der Waals surface area contributed by atoms with E-state index in [2.05, 4.69) is 5.32 Å². The molecule has 0 saturated carbocycles. The first-order valence-electron chi connectivity index (χ1n) is 7.20. The molecule has 0 radical (unpaired) electrons. The second-order valence-corrected chi connectivity index (χ2v) is 4.99. The fourth-order valence-corrected chi connectivity index (χ4v) is 2.26. The van der Waals surface area contributed by atoms with Crippen LogP contribution < -0.4 is 5.32 Å². The van der Waals surface area contributed by atoms with Crippen molar-refractivity contribution in [1.82, 2.24) is 15.1 Å². The number of amides is 3. The van der Waals surface area contributed by atoms with Crippen molar-refractivity contribution < 1.29 is 14.0 Å². The van der Waals surface area contributed by atoms with Crippen molar-refractivity contribution in [3.05, 3.63) is 35.6 Å². The third kappa shape index (κ3) is 3.71. The lowest BCUT2D eigenvalue weighted by Gasteiger charge is -2.34. The molecule has 1 N–H and O–H groups in total. The SMILES string of the molecule is CCCNC(=O)N1CCN(C(=O)c2ccccc2F)CC1. The van der Waals surface area contributed by atoms with Gasteiger partial charge in [-0.1, -0.05) is 19.1 Å². The van der Waals surface area contributed by atoms with Crippen LogP contribution in [0, 0.1) is 5.82 Å². The summed E-state index contributed by atoms with van der Waals surface area (Å²) < 4.78 is 13.6. The average Bonchev–Trinajstić information content (AvgIpc) is 2.52. The summed E-state index contributed by atoms with van der Waals surface area (Å²) in [6.07, 6.45) is 0.886. The molecule has 1 aliphatic heterocycles. The first kappa shape index (κ1) is 15.3. The van der Waals surface area contributed by atoms with Crippen LogP contribution in [0.2, 0.25) is 0 Å². The molecule has 3 amide bonds. The van der Waals surface area contributed by atoms with E-state index in [9.17, 15) is 14.0 Å². The number of piperazine rings is 1. The number of benzene rings is 1. The highest BCUT2D eigenvalue weighted by Crippen LogP contribution is 2.12. The van der Waals surface area contributed by atoms with Gasteiger partial charge in [0.05, 0.1) is 5.56 Å². The Morgan fingerprint density at radius 1 is 1.14 bits per heavy atom. The van der Waals surface area contributed by atoms with Crippen molar-refractivity contribution in [2.45, 2.75) is 13.3 Å². The highest BCUT2D eigenvalue weighted by molar-refractivity contribution is 5.94. The van der Waals surface area contributed by atoms with E-state index in [1.54, 1.807) is 21.9 Å². The van der Waals surface area contributed by atoms with E-state index in [1.807, 2.05) is 6.92 Å². The van der Waals surface area contributed by atoms with Crippen LogP contribution >= 0.6 is 0 Å². The van der Waals surface area contributed by atoms with Crippen LogP contribution in [0.15, 0.2) is 24.3 Å². The van der Waals surface area contributed by atoms with Gasteiger partial charge in [-0.3, -0.25) is 4.79 Å². The number of hydrogen-bond acceptors (Lipinski definition) is 2. The molecule has 6 heteroatoms. The van der Waals surface area contributed by atoms with Gasteiger partial charge in [-0.25, -0.2) is 9.18 Å². The van der Waals surface area contributed by atoms with Crippen LogP contribution in [0.1, 0.15) is 23.7 Å². The molecule has 5 nitrogen and oxygen atoms in total. The van der Waals surface area contributed by atoms with Crippen LogP contribution in [-0.2, 0) is 0 Å². The second-order valence-electron chi connectivity index (χ2n) is 4.99. The standard InChI is InChI=1S/C15H20FN3O2/c1-2-7-17-15(21)19-10-8-18(9-11-19)14(20)12-5-3-4-6-13(12)16/h3-6H,2,7-11H2,1H3,(H,17,21). The lowest BCUT2D eigenvalue weighted by Crippen LogP contribution is -2.53. The van der Waals surface area contributed by atoms with E-state index in [4.69, 9.17) is 0 Å². The Labute approximate surface area is 123 Å².